The molecule has 12 atom stereocenters. The zero-order chi connectivity index (χ0) is 23.1. The van der Waals surface area contributed by atoms with Gasteiger partial charge in [0.2, 0.25) is 0 Å². The average molecular weight is 449 g/mol. The maximum atomic E-state index is 11.7. The molecule has 5 nitrogen and oxygen atoms in total. The van der Waals surface area contributed by atoms with Gasteiger partial charge in [0.25, 0.3) is 0 Å². The Hall–Kier alpha value is -0.460. The summed E-state index contributed by atoms with van der Waals surface area (Å²) >= 11 is 0. The van der Waals surface area contributed by atoms with Crippen molar-refractivity contribution in [2.75, 3.05) is 6.61 Å². The molecule has 4 N–H and O–H groups in total. The fraction of sp³-hybridized carbons (Fsp3) is 0.926. The summed E-state index contributed by atoms with van der Waals surface area (Å²) < 4.78 is 6.40. The van der Waals surface area contributed by atoms with Crippen LogP contribution in [0.5, 0.6) is 0 Å². The van der Waals surface area contributed by atoms with Crippen LogP contribution in [0.1, 0.15) is 78.6 Å². The highest BCUT2D eigenvalue weighted by atomic mass is 16.6. The minimum absolute atomic E-state index is 0.0144. The van der Waals surface area contributed by atoms with E-state index < -0.39 is 5.79 Å². The van der Waals surface area contributed by atoms with E-state index in [1.807, 2.05) is 0 Å². The molecule has 0 amide bonds. The number of fused-ring (bicyclic) bond motifs is 7. The standard InChI is InChI=1S/C27H44O5/c1-15(14-28)7-10-27(31)16(2)24-22(32-27)12-21-19-6-5-17-11-18(29)8-9-25(17,3)20(19)13-23(30)26(21,24)4/h16-24,28-31H,1,5-14H2,2-4H3/t16-,17-,18-,19+,20-,21-,22-,23+,24-,25-,26+,27?/m0/s1. The van der Waals surface area contributed by atoms with Crippen molar-refractivity contribution < 1.29 is 25.2 Å². The zero-order valence-corrected chi connectivity index (χ0v) is 20.2. The van der Waals surface area contributed by atoms with Gasteiger partial charge in [0.1, 0.15) is 0 Å². The summed E-state index contributed by atoms with van der Waals surface area (Å²) in [4.78, 5) is 0. The minimum atomic E-state index is -1.21. The molecule has 1 unspecified atom stereocenters. The van der Waals surface area contributed by atoms with Gasteiger partial charge in [-0.25, -0.2) is 0 Å². The molecule has 5 aliphatic rings. The van der Waals surface area contributed by atoms with Gasteiger partial charge >= 0.3 is 0 Å². The average Bonchev–Trinajstić information content (AvgIpc) is 3.19. The highest BCUT2D eigenvalue weighted by molar-refractivity contribution is 5.17. The van der Waals surface area contributed by atoms with E-state index in [2.05, 4.69) is 27.4 Å². The first kappa shape index (κ1) is 23.3. The van der Waals surface area contributed by atoms with Crippen LogP contribution in [-0.2, 0) is 4.74 Å². The molecule has 0 spiro atoms. The van der Waals surface area contributed by atoms with E-state index in [0.717, 1.165) is 37.7 Å². The lowest BCUT2D eigenvalue weighted by Crippen LogP contribution is -2.59. The van der Waals surface area contributed by atoms with Crippen molar-refractivity contribution >= 4 is 0 Å². The Morgan fingerprint density at radius 1 is 1.06 bits per heavy atom. The fourth-order valence-corrected chi connectivity index (χ4v) is 9.59. The van der Waals surface area contributed by atoms with Crippen LogP contribution in [0.4, 0.5) is 0 Å². The van der Waals surface area contributed by atoms with Crippen LogP contribution in [0.25, 0.3) is 0 Å². The number of hydrogen-bond donors (Lipinski definition) is 4. The van der Waals surface area contributed by atoms with Crippen molar-refractivity contribution in [2.24, 2.45) is 46.3 Å². The van der Waals surface area contributed by atoms with E-state index in [1.54, 1.807) is 0 Å². The van der Waals surface area contributed by atoms with Gasteiger partial charge in [0.05, 0.1) is 24.9 Å². The lowest BCUT2D eigenvalue weighted by Gasteiger charge is -2.62. The molecule has 32 heavy (non-hydrogen) atoms. The predicted molar refractivity (Wildman–Crippen MR) is 122 cm³/mol. The summed E-state index contributed by atoms with van der Waals surface area (Å²) in [5.74, 6) is 0.999. The molecule has 0 radical (unpaired) electrons. The Morgan fingerprint density at radius 3 is 2.53 bits per heavy atom. The quantitative estimate of drug-likeness (QED) is 0.493. The molecule has 0 aromatic rings. The second-order valence-corrected chi connectivity index (χ2v) is 12.7. The van der Waals surface area contributed by atoms with Crippen molar-refractivity contribution in [3.8, 4) is 0 Å². The van der Waals surface area contributed by atoms with Crippen molar-refractivity contribution in [1.82, 2.24) is 0 Å². The van der Waals surface area contributed by atoms with Crippen LogP contribution >= 0.6 is 0 Å². The third kappa shape index (κ3) is 3.14. The number of ether oxygens (including phenoxy) is 1. The van der Waals surface area contributed by atoms with Gasteiger partial charge in [0.15, 0.2) is 5.79 Å². The maximum Gasteiger partial charge on any atom is 0.169 e. The molecular weight excluding hydrogens is 404 g/mol. The molecule has 4 saturated carbocycles. The maximum absolute atomic E-state index is 11.7. The minimum Gasteiger partial charge on any atom is -0.393 e. The lowest BCUT2D eigenvalue weighted by atomic mass is 9.43. The van der Waals surface area contributed by atoms with Gasteiger partial charge in [-0.3, -0.25) is 0 Å². The normalized spacial score (nSPS) is 56.8. The first-order chi connectivity index (χ1) is 15.0. The molecular formula is C27H44O5. The Morgan fingerprint density at radius 2 is 1.81 bits per heavy atom. The summed E-state index contributed by atoms with van der Waals surface area (Å²) in [6.45, 7) is 10.6. The molecule has 5 fully saturated rings. The van der Waals surface area contributed by atoms with Crippen LogP contribution in [0, 0.1) is 46.3 Å². The number of hydrogen-bond acceptors (Lipinski definition) is 5. The summed E-state index contributed by atoms with van der Waals surface area (Å²) in [6, 6.07) is 0. The first-order valence-electron chi connectivity index (χ1n) is 13.1. The topological polar surface area (TPSA) is 90.2 Å². The van der Waals surface area contributed by atoms with Gasteiger partial charge in [-0.15, -0.1) is 0 Å². The third-order valence-corrected chi connectivity index (χ3v) is 11.5. The van der Waals surface area contributed by atoms with Gasteiger partial charge in [-0.05, 0) is 80.5 Å². The van der Waals surface area contributed by atoms with E-state index in [1.165, 1.54) is 12.8 Å². The number of aliphatic hydroxyl groups excluding tert-OH is 3. The van der Waals surface area contributed by atoms with E-state index >= 15 is 0 Å². The fourth-order valence-electron chi connectivity index (χ4n) is 9.59. The summed E-state index contributed by atoms with van der Waals surface area (Å²) in [6.07, 6.45) is 7.50. The van der Waals surface area contributed by atoms with Gasteiger partial charge in [-0.1, -0.05) is 32.9 Å². The van der Waals surface area contributed by atoms with E-state index in [9.17, 15) is 20.4 Å². The van der Waals surface area contributed by atoms with Crippen molar-refractivity contribution in [3.05, 3.63) is 12.2 Å². The van der Waals surface area contributed by atoms with Gasteiger partial charge < -0.3 is 25.2 Å². The van der Waals surface area contributed by atoms with Crippen LogP contribution < -0.4 is 0 Å². The van der Waals surface area contributed by atoms with Crippen LogP contribution in [0.3, 0.4) is 0 Å². The van der Waals surface area contributed by atoms with Crippen LogP contribution in [0.2, 0.25) is 0 Å². The number of aliphatic hydroxyl groups is 4. The second kappa shape index (κ2) is 7.78. The Balaban J connectivity index is 1.39. The largest absolute Gasteiger partial charge is 0.393 e. The van der Waals surface area contributed by atoms with E-state index in [0.29, 0.717) is 36.5 Å². The van der Waals surface area contributed by atoms with E-state index in [-0.39, 0.29) is 47.6 Å². The lowest BCUT2D eigenvalue weighted by molar-refractivity contribution is -0.224. The van der Waals surface area contributed by atoms with Crippen LogP contribution in [-0.4, -0.2) is 51.1 Å². The first-order valence-corrected chi connectivity index (χ1v) is 13.1. The smallest absolute Gasteiger partial charge is 0.169 e. The van der Waals surface area contributed by atoms with Crippen molar-refractivity contribution in [3.63, 3.8) is 0 Å². The molecule has 1 aliphatic heterocycles. The molecule has 0 bridgehead atoms. The van der Waals surface area contributed by atoms with Crippen molar-refractivity contribution in [2.45, 2.75) is 103 Å². The molecule has 1 saturated heterocycles. The SMILES string of the molecule is C=C(CO)CCC1(O)O[C@H]2C[C@H]3[C@@H]4CC[C@H]5C[C@@H](O)CC[C@]5(C)[C@H]4C[C@@H](O)[C@]3(C)[C@H]2[C@@H]1C. The molecule has 0 aromatic carbocycles. The predicted octanol–water partition coefficient (Wildman–Crippen LogP) is 3.64. The molecule has 4 aliphatic carbocycles. The zero-order valence-electron chi connectivity index (χ0n) is 20.2. The Kier molecular flexibility index (Phi) is 5.66. The Bertz CT molecular complexity index is 754. The monoisotopic (exact) mass is 448 g/mol. The second-order valence-electron chi connectivity index (χ2n) is 12.7. The summed E-state index contributed by atoms with van der Waals surface area (Å²) in [7, 11) is 0. The molecule has 1 heterocycles. The molecule has 182 valence electrons. The highest BCUT2D eigenvalue weighted by Gasteiger charge is 2.70. The third-order valence-electron chi connectivity index (χ3n) is 11.5. The van der Waals surface area contributed by atoms with Crippen molar-refractivity contribution in [1.29, 1.82) is 0 Å². The van der Waals surface area contributed by atoms with Gasteiger partial charge in [0, 0.05) is 23.7 Å². The van der Waals surface area contributed by atoms with E-state index in [4.69, 9.17) is 4.74 Å². The van der Waals surface area contributed by atoms with Crippen LogP contribution in [0.15, 0.2) is 12.2 Å². The molecule has 5 rings (SSSR count). The summed E-state index contributed by atoms with van der Waals surface area (Å²) in [5, 5.41) is 42.7. The highest BCUT2D eigenvalue weighted by Crippen LogP contribution is 2.70. The van der Waals surface area contributed by atoms with Gasteiger partial charge in [-0.2, -0.15) is 0 Å². The molecule has 5 heteroatoms. The summed E-state index contributed by atoms with van der Waals surface area (Å²) in [5.41, 5.74) is 0.708. The Labute approximate surface area is 193 Å². The number of rotatable bonds is 4. The molecule has 0 aromatic heterocycles.